The molecule has 0 aliphatic heterocycles. The van der Waals surface area contributed by atoms with Gasteiger partial charge in [0, 0.05) is 10.5 Å². The molecule has 0 aliphatic carbocycles. The van der Waals surface area contributed by atoms with E-state index >= 15 is 0 Å². The molecule has 0 spiro atoms. The molecule has 0 heterocycles. The molecule has 20 heavy (non-hydrogen) atoms. The van der Waals surface area contributed by atoms with Gasteiger partial charge >= 0.3 is 7.60 Å². The summed E-state index contributed by atoms with van der Waals surface area (Å²) >= 11 is 1.82. The molecule has 1 rings (SSSR count). The third kappa shape index (κ3) is 5.25. The first kappa shape index (κ1) is 17.8. The number of thioether (sulfide) groups is 1. The molecule has 0 atom stereocenters. The lowest BCUT2D eigenvalue weighted by molar-refractivity contribution is 0.230. The van der Waals surface area contributed by atoms with Crippen LogP contribution in [0.25, 0.3) is 0 Å². The highest BCUT2D eigenvalue weighted by atomic mass is 32.2. The normalized spacial score (nSPS) is 12.7. The second-order valence-electron chi connectivity index (χ2n) is 5.36. The van der Waals surface area contributed by atoms with Gasteiger partial charge in [-0.05, 0) is 25.5 Å². The number of hydrogen-bond donors (Lipinski definition) is 0. The highest BCUT2D eigenvalue weighted by molar-refractivity contribution is 7.99. The molecule has 3 nitrogen and oxygen atoms in total. The fourth-order valence-electron chi connectivity index (χ4n) is 1.71. The van der Waals surface area contributed by atoms with Crippen molar-refractivity contribution >= 4 is 24.7 Å². The van der Waals surface area contributed by atoms with Crippen LogP contribution in [-0.2, 0) is 19.4 Å². The van der Waals surface area contributed by atoms with E-state index < -0.39 is 7.60 Å². The molecule has 0 saturated carbocycles. The van der Waals surface area contributed by atoms with E-state index in [0.717, 1.165) is 11.3 Å². The Hall–Kier alpha value is -0.280. The van der Waals surface area contributed by atoms with Crippen molar-refractivity contribution in [2.75, 3.05) is 13.2 Å². The summed E-state index contributed by atoms with van der Waals surface area (Å²) in [4.78, 5) is 0. The lowest BCUT2D eigenvalue weighted by Crippen LogP contribution is -2.16. The van der Waals surface area contributed by atoms with Crippen molar-refractivity contribution in [2.24, 2.45) is 0 Å². The highest BCUT2D eigenvalue weighted by Crippen LogP contribution is 2.48. The standard InChI is InChI=1S/C15H25O3PS/c1-6-17-19(16,18-7-2)14-11-9-8-10-13(14)12-20-15(3,4)5/h8-11H,6-7,12H2,1-5H3. The minimum atomic E-state index is -3.20. The van der Waals surface area contributed by atoms with Crippen molar-refractivity contribution in [1.82, 2.24) is 0 Å². The molecule has 0 unspecified atom stereocenters. The zero-order valence-corrected chi connectivity index (χ0v) is 14.7. The number of hydrogen-bond acceptors (Lipinski definition) is 4. The SMILES string of the molecule is CCOP(=O)(OCC)c1ccccc1CSC(C)(C)C. The average molecular weight is 316 g/mol. The van der Waals surface area contributed by atoms with Crippen LogP contribution in [0.1, 0.15) is 40.2 Å². The number of benzene rings is 1. The Kier molecular flexibility index (Phi) is 6.80. The molecule has 5 heteroatoms. The van der Waals surface area contributed by atoms with Gasteiger partial charge in [-0.2, -0.15) is 11.8 Å². The van der Waals surface area contributed by atoms with Gasteiger partial charge in [-0.15, -0.1) is 0 Å². The fourth-order valence-corrected chi connectivity index (χ4v) is 4.46. The summed E-state index contributed by atoms with van der Waals surface area (Å²) in [5.41, 5.74) is 1.03. The van der Waals surface area contributed by atoms with Crippen molar-refractivity contribution in [3.63, 3.8) is 0 Å². The maximum absolute atomic E-state index is 12.9. The Morgan fingerprint density at radius 3 is 2.15 bits per heavy atom. The number of rotatable bonds is 7. The van der Waals surface area contributed by atoms with Crippen molar-refractivity contribution < 1.29 is 13.6 Å². The average Bonchev–Trinajstić information content (AvgIpc) is 2.36. The van der Waals surface area contributed by atoms with Gasteiger partial charge in [0.2, 0.25) is 0 Å². The first-order valence-electron chi connectivity index (χ1n) is 6.94. The lowest BCUT2D eigenvalue weighted by atomic mass is 10.2. The Labute approximate surface area is 127 Å². The van der Waals surface area contributed by atoms with E-state index in [-0.39, 0.29) is 4.75 Å². The van der Waals surface area contributed by atoms with E-state index in [1.807, 2.05) is 49.9 Å². The van der Waals surface area contributed by atoms with E-state index in [1.54, 1.807) is 0 Å². The van der Waals surface area contributed by atoms with Crippen molar-refractivity contribution in [3.05, 3.63) is 29.8 Å². The van der Waals surface area contributed by atoms with Gasteiger partial charge in [0.25, 0.3) is 0 Å². The van der Waals surface area contributed by atoms with Crippen LogP contribution in [0, 0.1) is 0 Å². The molecule has 114 valence electrons. The van der Waals surface area contributed by atoms with Gasteiger partial charge in [-0.3, -0.25) is 4.57 Å². The molecule has 0 saturated heterocycles. The molecule has 1 aromatic carbocycles. The summed E-state index contributed by atoms with van der Waals surface area (Å²) < 4.78 is 24.0. The predicted molar refractivity (Wildman–Crippen MR) is 88.0 cm³/mol. The van der Waals surface area contributed by atoms with E-state index in [9.17, 15) is 4.57 Å². The summed E-state index contributed by atoms with van der Waals surface area (Å²) in [6, 6.07) is 7.69. The van der Waals surface area contributed by atoms with Crippen LogP contribution in [0.5, 0.6) is 0 Å². The Balaban J connectivity index is 3.06. The maximum atomic E-state index is 12.9. The molecule has 1 aromatic rings. The molecule has 0 fully saturated rings. The van der Waals surface area contributed by atoms with Crippen LogP contribution in [0.15, 0.2) is 24.3 Å². The highest BCUT2D eigenvalue weighted by Gasteiger charge is 2.29. The summed E-state index contributed by atoms with van der Waals surface area (Å²) in [5.74, 6) is 0.795. The molecule has 0 amide bonds. The smallest absolute Gasteiger partial charge is 0.305 e. The predicted octanol–water partition coefficient (Wildman–Crippen LogP) is 4.61. The van der Waals surface area contributed by atoms with Crippen molar-refractivity contribution in [3.8, 4) is 0 Å². The zero-order chi connectivity index (χ0) is 15.2. The minimum absolute atomic E-state index is 0.161. The topological polar surface area (TPSA) is 35.5 Å². The molecule has 0 bridgehead atoms. The van der Waals surface area contributed by atoms with Crippen LogP contribution < -0.4 is 5.30 Å². The van der Waals surface area contributed by atoms with Gasteiger partial charge in [0.05, 0.1) is 18.5 Å². The third-order valence-corrected chi connectivity index (χ3v) is 6.09. The Bertz CT molecular complexity index is 458. The summed E-state index contributed by atoms with van der Waals surface area (Å²) in [6.07, 6.45) is 0. The van der Waals surface area contributed by atoms with E-state index in [4.69, 9.17) is 9.05 Å². The lowest BCUT2D eigenvalue weighted by Gasteiger charge is -2.22. The second kappa shape index (κ2) is 7.65. The van der Waals surface area contributed by atoms with Crippen LogP contribution in [0.4, 0.5) is 0 Å². The summed E-state index contributed by atoms with van der Waals surface area (Å²) in [6.45, 7) is 10.9. The zero-order valence-electron chi connectivity index (χ0n) is 13.0. The monoisotopic (exact) mass is 316 g/mol. The van der Waals surface area contributed by atoms with Crippen LogP contribution in [0.3, 0.4) is 0 Å². The molecule has 0 radical (unpaired) electrons. The Morgan fingerprint density at radius 1 is 1.10 bits per heavy atom. The second-order valence-corrected chi connectivity index (χ2v) is 9.16. The first-order chi connectivity index (χ1) is 9.32. The van der Waals surface area contributed by atoms with Gasteiger partial charge in [0.15, 0.2) is 0 Å². The fraction of sp³-hybridized carbons (Fsp3) is 0.600. The van der Waals surface area contributed by atoms with E-state index in [1.165, 1.54) is 0 Å². The van der Waals surface area contributed by atoms with Gasteiger partial charge in [-0.1, -0.05) is 39.0 Å². The summed E-state index contributed by atoms with van der Waals surface area (Å²) in [5, 5.41) is 0.695. The van der Waals surface area contributed by atoms with Crippen molar-refractivity contribution in [2.45, 2.75) is 45.1 Å². The minimum Gasteiger partial charge on any atom is -0.305 e. The van der Waals surface area contributed by atoms with Gasteiger partial charge in [-0.25, -0.2) is 0 Å². The Morgan fingerprint density at radius 2 is 1.65 bits per heavy atom. The first-order valence-corrected chi connectivity index (χ1v) is 9.46. The summed E-state index contributed by atoms with van der Waals surface area (Å²) in [7, 11) is -3.20. The quantitative estimate of drug-likeness (QED) is 0.688. The van der Waals surface area contributed by atoms with Crippen molar-refractivity contribution in [1.29, 1.82) is 0 Å². The maximum Gasteiger partial charge on any atom is 0.361 e. The third-order valence-electron chi connectivity index (χ3n) is 2.55. The molecular formula is C15H25O3PS. The molecular weight excluding hydrogens is 291 g/mol. The van der Waals surface area contributed by atoms with E-state index in [2.05, 4.69) is 20.8 Å². The van der Waals surface area contributed by atoms with Gasteiger partial charge in [0.1, 0.15) is 0 Å². The van der Waals surface area contributed by atoms with E-state index in [0.29, 0.717) is 18.5 Å². The molecule has 0 aliphatic rings. The molecule has 0 N–H and O–H groups in total. The largest absolute Gasteiger partial charge is 0.361 e. The molecule has 0 aromatic heterocycles. The van der Waals surface area contributed by atoms with Crippen LogP contribution in [0.2, 0.25) is 0 Å². The van der Waals surface area contributed by atoms with Crippen LogP contribution >= 0.6 is 19.4 Å². The van der Waals surface area contributed by atoms with Gasteiger partial charge < -0.3 is 9.05 Å². The van der Waals surface area contributed by atoms with Crippen LogP contribution in [-0.4, -0.2) is 18.0 Å².